The SMILES string of the molecule is CCOC(=O)C(Cc1cc(C)c(C)o1)Nc1ncc(-c2ccccc2)nc1Cc1ccccc1. The van der Waals surface area contributed by atoms with Crippen molar-refractivity contribution in [1.29, 1.82) is 0 Å². The molecule has 0 saturated carbocycles. The molecule has 0 aliphatic heterocycles. The van der Waals surface area contributed by atoms with Crippen LogP contribution in [0.2, 0.25) is 0 Å². The normalized spacial score (nSPS) is 11.7. The molecule has 6 nitrogen and oxygen atoms in total. The van der Waals surface area contributed by atoms with E-state index in [4.69, 9.17) is 14.1 Å². The molecule has 0 aliphatic rings. The van der Waals surface area contributed by atoms with Gasteiger partial charge in [-0.2, -0.15) is 0 Å². The average molecular weight is 456 g/mol. The van der Waals surface area contributed by atoms with E-state index in [0.29, 0.717) is 25.3 Å². The summed E-state index contributed by atoms with van der Waals surface area (Å²) in [6.07, 6.45) is 2.65. The van der Waals surface area contributed by atoms with Gasteiger partial charge in [-0.3, -0.25) is 0 Å². The lowest BCUT2D eigenvalue weighted by Gasteiger charge is -2.19. The van der Waals surface area contributed by atoms with Crippen LogP contribution in [0.15, 0.2) is 77.3 Å². The maximum atomic E-state index is 12.8. The van der Waals surface area contributed by atoms with E-state index in [-0.39, 0.29) is 5.97 Å². The fourth-order valence-electron chi connectivity index (χ4n) is 3.76. The molecule has 2 heterocycles. The number of aromatic nitrogens is 2. The van der Waals surface area contributed by atoms with Gasteiger partial charge in [0.1, 0.15) is 23.4 Å². The molecule has 2 aromatic carbocycles. The number of benzene rings is 2. The lowest BCUT2D eigenvalue weighted by atomic mass is 10.1. The van der Waals surface area contributed by atoms with Gasteiger partial charge in [0.05, 0.1) is 24.2 Å². The predicted molar refractivity (Wildman–Crippen MR) is 133 cm³/mol. The predicted octanol–water partition coefficient (Wildman–Crippen LogP) is 5.53. The second-order valence-corrected chi connectivity index (χ2v) is 8.18. The van der Waals surface area contributed by atoms with Gasteiger partial charge >= 0.3 is 5.97 Å². The lowest BCUT2D eigenvalue weighted by molar-refractivity contribution is -0.144. The molecule has 0 amide bonds. The third-order valence-electron chi connectivity index (χ3n) is 5.63. The van der Waals surface area contributed by atoms with Crippen LogP contribution in [-0.4, -0.2) is 28.6 Å². The van der Waals surface area contributed by atoms with Crippen LogP contribution in [0, 0.1) is 13.8 Å². The third-order valence-corrected chi connectivity index (χ3v) is 5.63. The zero-order valence-electron chi connectivity index (χ0n) is 19.7. The molecule has 0 fully saturated rings. The molecule has 1 unspecified atom stereocenters. The van der Waals surface area contributed by atoms with Crippen molar-refractivity contribution >= 4 is 11.8 Å². The number of nitrogens with one attached hydrogen (secondary N) is 1. The first-order valence-electron chi connectivity index (χ1n) is 11.5. The van der Waals surface area contributed by atoms with Gasteiger partial charge in [0.2, 0.25) is 0 Å². The Hall–Kier alpha value is -3.93. The molecule has 2 aromatic heterocycles. The van der Waals surface area contributed by atoms with E-state index in [9.17, 15) is 4.79 Å². The molecular formula is C28H29N3O3. The number of anilines is 1. The lowest BCUT2D eigenvalue weighted by Crippen LogP contribution is -2.34. The molecule has 0 saturated heterocycles. The van der Waals surface area contributed by atoms with E-state index in [0.717, 1.165) is 39.6 Å². The van der Waals surface area contributed by atoms with Gasteiger partial charge in [-0.1, -0.05) is 60.7 Å². The van der Waals surface area contributed by atoms with E-state index in [1.54, 1.807) is 13.1 Å². The minimum absolute atomic E-state index is 0.294. The number of hydrogen-bond acceptors (Lipinski definition) is 6. The summed E-state index contributed by atoms with van der Waals surface area (Å²) in [4.78, 5) is 22.4. The minimum Gasteiger partial charge on any atom is -0.466 e. The first kappa shape index (κ1) is 23.2. The van der Waals surface area contributed by atoms with E-state index < -0.39 is 6.04 Å². The fourth-order valence-corrected chi connectivity index (χ4v) is 3.76. The summed E-state index contributed by atoms with van der Waals surface area (Å²) in [7, 11) is 0. The number of nitrogens with zero attached hydrogens (tertiary/aromatic N) is 2. The number of rotatable bonds is 9. The van der Waals surface area contributed by atoms with Crippen molar-refractivity contribution in [3.05, 3.63) is 101 Å². The number of carbonyl (C=O) groups is 1. The molecule has 0 aliphatic carbocycles. The van der Waals surface area contributed by atoms with Crippen LogP contribution in [0.3, 0.4) is 0 Å². The monoisotopic (exact) mass is 455 g/mol. The number of furan rings is 1. The molecule has 4 rings (SSSR count). The standard InChI is InChI=1S/C28H29N3O3/c1-4-33-28(32)25(17-23-15-19(2)20(3)34-23)31-27-24(16-21-11-7-5-8-12-21)30-26(18-29-27)22-13-9-6-10-14-22/h5-15,18,25H,4,16-17H2,1-3H3,(H,29,31). The van der Waals surface area contributed by atoms with Gasteiger partial charge in [0, 0.05) is 18.4 Å². The summed E-state index contributed by atoms with van der Waals surface area (Å²) in [5.74, 6) is 1.77. The van der Waals surface area contributed by atoms with Crippen LogP contribution < -0.4 is 5.32 Å². The number of esters is 1. The van der Waals surface area contributed by atoms with Crippen LogP contribution in [0.4, 0.5) is 5.82 Å². The molecule has 0 spiro atoms. The Morgan fingerprint density at radius 1 is 1.06 bits per heavy atom. The molecule has 1 N–H and O–H groups in total. The summed E-state index contributed by atoms with van der Waals surface area (Å²) in [5.41, 5.74) is 4.68. The van der Waals surface area contributed by atoms with Gasteiger partial charge in [-0.05, 0) is 38.0 Å². The average Bonchev–Trinajstić information content (AvgIpc) is 3.17. The highest BCUT2D eigenvalue weighted by molar-refractivity contribution is 5.79. The number of carbonyl (C=O) groups excluding carboxylic acids is 1. The van der Waals surface area contributed by atoms with Gasteiger partial charge < -0.3 is 14.5 Å². The summed E-state index contributed by atoms with van der Waals surface area (Å²) in [5, 5.41) is 3.30. The highest BCUT2D eigenvalue weighted by Crippen LogP contribution is 2.23. The van der Waals surface area contributed by atoms with Crippen LogP contribution in [-0.2, 0) is 22.4 Å². The first-order chi connectivity index (χ1) is 16.5. The highest BCUT2D eigenvalue weighted by Gasteiger charge is 2.24. The highest BCUT2D eigenvalue weighted by atomic mass is 16.5. The van der Waals surface area contributed by atoms with E-state index in [2.05, 4.69) is 22.4 Å². The van der Waals surface area contributed by atoms with Gasteiger partial charge in [-0.15, -0.1) is 0 Å². The molecule has 0 radical (unpaired) electrons. The van der Waals surface area contributed by atoms with Crippen LogP contribution in [0.5, 0.6) is 0 Å². The largest absolute Gasteiger partial charge is 0.466 e. The van der Waals surface area contributed by atoms with Crippen molar-refractivity contribution in [2.45, 2.75) is 39.7 Å². The number of aryl methyl sites for hydroxylation is 2. The van der Waals surface area contributed by atoms with Crippen molar-refractivity contribution < 1.29 is 13.9 Å². The summed E-state index contributed by atoms with van der Waals surface area (Å²) >= 11 is 0. The van der Waals surface area contributed by atoms with Crippen LogP contribution >= 0.6 is 0 Å². The van der Waals surface area contributed by atoms with Crippen molar-refractivity contribution in [1.82, 2.24) is 9.97 Å². The zero-order chi connectivity index (χ0) is 23.9. The van der Waals surface area contributed by atoms with Crippen molar-refractivity contribution in [3.8, 4) is 11.3 Å². The Morgan fingerprint density at radius 3 is 2.41 bits per heavy atom. The summed E-state index contributed by atoms with van der Waals surface area (Å²) in [6.45, 7) is 5.99. The topological polar surface area (TPSA) is 77.2 Å². The number of ether oxygens (including phenoxy) is 1. The molecule has 1 atom stereocenters. The Kier molecular flexibility index (Phi) is 7.38. The molecule has 174 valence electrons. The second-order valence-electron chi connectivity index (χ2n) is 8.18. The smallest absolute Gasteiger partial charge is 0.329 e. The van der Waals surface area contributed by atoms with Gasteiger partial charge in [0.15, 0.2) is 0 Å². The van der Waals surface area contributed by atoms with E-state index >= 15 is 0 Å². The van der Waals surface area contributed by atoms with Gasteiger partial charge in [-0.25, -0.2) is 14.8 Å². The van der Waals surface area contributed by atoms with Crippen LogP contribution in [0.25, 0.3) is 11.3 Å². The minimum atomic E-state index is -0.656. The zero-order valence-corrected chi connectivity index (χ0v) is 19.7. The maximum absolute atomic E-state index is 12.8. The summed E-state index contributed by atoms with van der Waals surface area (Å²) in [6, 6.07) is 21.3. The quantitative estimate of drug-likeness (QED) is 0.334. The maximum Gasteiger partial charge on any atom is 0.329 e. The Balaban J connectivity index is 1.68. The second kappa shape index (κ2) is 10.8. The molecule has 4 aromatic rings. The molecule has 34 heavy (non-hydrogen) atoms. The molecular weight excluding hydrogens is 426 g/mol. The van der Waals surface area contributed by atoms with Crippen molar-refractivity contribution in [2.24, 2.45) is 0 Å². The van der Waals surface area contributed by atoms with Crippen molar-refractivity contribution in [3.63, 3.8) is 0 Å². The third kappa shape index (κ3) is 5.70. The van der Waals surface area contributed by atoms with E-state index in [1.165, 1.54) is 0 Å². The fraction of sp³-hybridized carbons (Fsp3) is 0.250. The Bertz CT molecular complexity index is 1220. The Morgan fingerprint density at radius 2 is 1.76 bits per heavy atom. The molecule has 0 bridgehead atoms. The van der Waals surface area contributed by atoms with Crippen LogP contribution in [0.1, 0.15) is 35.3 Å². The first-order valence-corrected chi connectivity index (χ1v) is 11.5. The summed E-state index contributed by atoms with van der Waals surface area (Å²) < 4.78 is 11.2. The number of hydrogen-bond donors (Lipinski definition) is 1. The molecule has 6 heteroatoms. The van der Waals surface area contributed by atoms with E-state index in [1.807, 2.05) is 68.4 Å². The Labute approximate surface area is 200 Å². The van der Waals surface area contributed by atoms with Crippen molar-refractivity contribution in [2.75, 3.05) is 11.9 Å². The van der Waals surface area contributed by atoms with Gasteiger partial charge in [0.25, 0.3) is 0 Å².